The zero-order chi connectivity index (χ0) is 17.4. The van der Waals surface area contributed by atoms with E-state index in [1.54, 1.807) is 0 Å². The van der Waals surface area contributed by atoms with Gasteiger partial charge in [-0.1, -0.05) is 25.0 Å². The van der Waals surface area contributed by atoms with Crippen molar-refractivity contribution in [1.29, 1.82) is 0 Å². The van der Waals surface area contributed by atoms with Crippen molar-refractivity contribution in [3.63, 3.8) is 0 Å². The van der Waals surface area contributed by atoms with Crippen molar-refractivity contribution in [1.82, 2.24) is 0 Å². The van der Waals surface area contributed by atoms with Crippen LogP contribution in [0.4, 0.5) is 0 Å². The maximum Gasteiger partial charge on any atom is 0.330 e. The van der Waals surface area contributed by atoms with Gasteiger partial charge in [-0.15, -0.1) is 0 Å². The number of rotatable bonds is 4. The zero-order valence-corrected chi connectivity index (χ0v) is 14.2. The maximum atomic E-state index is 11.2. The summed E-state index contributed by atoms with van der Waals surface area (Å²) in [6.45, 7) is 6.84. The van der Waals surface area contributed by atoms with Crippen LogP contribution in [0, 0.1) is 23.7 Å². The van der Waals surface area contributed by atoms with E-state index >= 15 is 0 Å². The van der Waals surface area contributed by atoms with Gasteiger partial charge in [0.15, 0.2) is 0 Å². The fourth-order valence-corrected chi connectivity index (χ4v) is 3.31. The summed E-state index contributed by atoms with van der Waals surface area (Å²) in [6, 6.07) is 0. The van der Waals surface area contributed by atoms with Crippen molar-refractivity contribution in [2.75, 3.05) is 0 Å². The van der Waals surface area contributed by atoms with E-state index in [-0.39, 0.29) is 24.1 Å². The van der Waals surface area contributed by atoms with E-state index in [0.29, 0.717) is 11.8 Å². The monoisotopic (exact) mass is 330 g/mol. The van der Waals surface area contributed by atoms with Crippen molar-refractivity contribution in [2.45, 2.75) is 63.6 Å². The predicted octanol–water partition coefficient (Wildman–Crippen LogP) is 3.57. The van der Waals surface area contributed by atoms with Crippen LogP contribution in [0.2, 0.25) is 0 Å². The van der Waals surface area contributed by atoms with Gasteiger partial charge in [0.1, 0.15) is 12.2 Å². The smallest absolute Gasteiger partial charge is 0.330 e. The van der Waals surface area contributed by atoms with Gasteiger partial charge in [0.2, 0.25) is 0 Å². The van der Waals surface area contributed by atoms with E-state index in [1.165, 1.54) is 12.2 Å². The van der Waals surface area contributed by atoms with Gasteiger partial charge in [-0.2, -0.15) is 0 Å². The Bertz CT molecular complexity index is 478. The minimum absolute atomic E-state index is 0.0172. The highest BCUT2D eigenvalue weighted by Crippen LogP contribution is 2.28. The molecule has 2 aliphatic rings. The Morgan fingerprint density at radius 3 is 1.33 bits per heavy atom. The summed E-state index contributed by atoms with van der Waals surface area (Å²) in [4.78, 5) is 22.4. The minimum atomic E-state index is -0.335. The molecule has 2 saturated carbocycles. The van der Waals surface area contributed by atoms with E-state index in [0.717, 1.165) is 51.4 Å². The number of ether oxygens (including phenoxy) is 2. The van der Waals surface area contributed by atoms with Crippen LogP contribution in [-0.2, 0) is 19.1 Å². The highest BCUT2D eigenvalue weighted by molar-refractivity contribution is 5.81. The van der Waals surface area contributed by atoms with E-state index in [4.69, 9.17) is 9.47 Å². The SMILES string of the molecule is C=CC(=O)OC1CCC(C#CC2CCC(OC(=O)C=C)CC2)CC1. The van der Waals surface area contributed by atoms with E-state index < -0.39 is 0 Å². The zero-order valence-electron chi connectivity index (χ0n) is 14.2. The Kier molecular flexibility index (Phi) is 7.11. The Morgan fingerprint density at radius 2 is 1.04 bits per heavy atom. The molecule has 0 aromatic carbocycles. The highest BCUT2D eigenvalue weighted by atomic mass is 16.5. The molecule has 0 radical (unpaired) electrons. The van der Waals surface area contributed by atoms with Gasteiger partial charge in [-0.05, 0) is 51.4 Å². The van der Waals surface area contributed by atoms with Gasteiger partial charge in [0, 0.05) is 24.0 Å². The maximum absolute atomic E-state index is 11.2. The number of carbonyl (C=O) groups excluding carboxylic acids is 2. The standard InChI is InChI=1S/C20H26O4/c1-3-19(21)23-17-11-7-15(8-12-17)5-6-16-9-13-18(14-10-16)24-20(22)4-2/h3-4,15-18H,1-2,7-14H2. The first-order valence-corrected chi connectivity index (χ1v) is 8.78. The first-order valence-electron chi connectivity index (χ1n) is 8.78. The van der Waals surface area contributed by atoms with Gasteiger partial charge < -0.3 is 9.47 Å². The highest BCUT2D eigenvalue weighted by Gasteiger charge is 2.24. The van der Waals surface area contributed by atoms with Crippen molar-refractivity contribution >= 4 is 11.9 Å². The van der Waals surface area contributed by atoms with E-state index in [9.17, 15) is 9.59 Å². The molecule has 0 aromatic rings. The van der Waals surface area contributed by atoms with Crippen LogP contribution in [0.3, 0.4) is 0 Å². The third-order valence-corrected chi connectivity index (χ3v) is 4.74. The number of esters is 2. The molecule has 0 spiro atoms. The van der Waals surface area contributed by atoms with Crippen LogP contribution in [0.25, 0.3) is 0 Å². The number of hydrogen-bond acceptors (Lipinski definition) is 4. The molecular weight excluding hydrogens is 304 g/mol. The molecule has 0 N–H and O–H groups in total. The van der Waals surface area contributed by atoms with Crippen molar-refractivity contribution in [2.24, 2.45) is 11.8 Å². The third-order valence-electron chi connectivity index (χ3n) is 4.74. The molecule has 2 fully saturated rings. The molecule has 0 aliphatic heterocycles. The van der Waals surface area contributed by atoms with Gasteiger partial charge >= 0.3 is 11.9 Å². The lowest BCUT2D eigenvalue weighted by Gasteiger charge is -2.26. The average molecular weight is 330 g/mol. The summed E-state index contributed by atoms with van der Waals surface area (Å²) in [6.07, 6.45) is 9.90. The second kappa shape index (κ2) is 9.32. The minimum Gasteiger partial charge on any atom is -0.459 e. The van der Waals surface area contributed by atoms with E-state index in [2.05, 4.69) is 25.0 Å². The average Bonchev–Trinajstić information content (AvgIpc) is 2.62. The molecule has 0 bridgehead atoms. The van der Waals surface area contributed by atoms with Gasteiger partial charge in [-0.3, -0.25) is 0 Å². The summed E-state index contributed by atoms with van der Waals surface area (Å²) in [5.41, 5.74) is 0. The summed E-state index contributed by atoms with van der Waals surface area (Å²) in [5.74, 6) is 6.96. The Balaban J connectivity index is 1.69. The third kappa shape index (κ3) is 5.88. The van der Waals surface area contributed by atoms with E-state index in [1.807, 2.05) is 0 Å². The second-order valence-corrected chi connectivity index (χ2v) is 6.52. The number of hydrogen-bond donors (Lipinski definition) is 0. The molecule has 0 unspecified atom stereocenters. The van der Waals surface area contributed by atoms with Crippen LogP contribution in [0.5, 0.6) is 0 Å². The Morgan fingerprint density at radius 1 is 0.708 bits per heavy atom. The largest absolute Gasteiger partial charge is 0.459 e. The molecule has 2 aliphatic carbocycles. The van der Waals surface area contributed by atoms with Crippen molar-refractivity contribution in [3.8, 4) is 11.8 Å². The Hall–Kier alpha value is -2.02. The lowest BCUT2D eigenvalue weighted by Crippen LogP contribution is -2.24. The summed E-state index contributed by atoms with van der Waals surface area (Å²) in [5, 5.41) is 0. The molecule has 0 aromatic heterocycles. The molecule has 130 valence electrons. The number of carbonyl (C=O) groups is 2. The molecule has 0 heterocycles. The Labute approximate surface area is 144 Å². The van der Waals surface area contributed by atoms with Gasteiger partial charge in [0.05, 0.1) is 0 Å². The lowest BCUT2D eigenvalue weighted by atomic mass is 9.85. The normalized spacial score (nSPS) is 29.5. The van der Waals surface area contributed by atoms with Crippen LogP contribution >= 0.6 is 0 Å². The molecule has 4 heteroatoms. The molecule has 24 heavy (non-hydrogen) atoms. The van der Waals surface area contributed by atoms with Gasteiger partial charge in [0.25, 0.3) is 0 Å². The first kappa shape index (κ1) is 18.3. The predicted molar refractivity (Wildman–Crippen MR) is 91.8 cm³/mol. The molecular formula is C20H26O4. The molecule has 2 rings (SSSR count). The van der Waals surface area contributed by atoms with Crippen LogP contribution in [0.15, 0.2) is 25.3 Å². The van der Waals surface area contributed by atoms with Gasteiger partial charge in [-0.25, -0.2) is 9.59 Å². The summed E-state index contributed by atoms with van der Waals surface area (Å²) in [7, 11) is 0. The van der Waals surface area contributed by atoms with Crippen molar-refractivity contribution in [3.05, 3.63) is 25.3 Å². The summed E-state index contributed by atoms with van der Waals surface area (Å²) < 4.78 is 10.6. The summed E-state index contributed by atoms with van der Waals surface area (Å²) >= 11 is 0. The molecule has 0 atom stereocenters. The topological polar surface area (TPSA) is 52.6 Å². The van der Waals surface area contributed by atoms with Crippen LogP contribution in [-0.4, -0.2) is 24.1 Å². The quantitative estimate of drug-likeness (QED) is 0.449. The molecule has 0 amide bonds. The second-order valence-electron chi connectivity index (χ2n) is 6.52. The van der Waals surface area contributed by atoms with Crippen LogP contribution in [0.1, 0.15) is 51.4 Å². The van der Waals surface area contributed by atoms with Crippen molar-refractivity contribution < 1.29 is 19.1 Å². The fourth-order valence-electron chi connectivity index (χ4n) is 3.31. The molecule has 4 nitrogen and oxygen atoms in total. The molecule has 0 saturated heterocycles. The first-order chi connectivity index (χ1) is 11.6. The lowest BCUT2D eigenvalue weighted by molar-refractivity contribution is -0.145. The fraction of sp³-hybridized carbons (Fsp3) is 0.600. The van der Waals surface area contributed by atoms with Crippen LogP contribution < -0.4 is 0 Å².